The molecule has 0 bridgehead atoms. The van der Waals surface area contributed by atoms with Gasteiger partial charge in [-0.05, 0) is 32.0 Å². The summed E-state index contributed by atoms with van der Waals surface area (Å²) in [5, 5.41) is 11.7. The molecule has 1 rings (SSSR count). The first-order valence-corrected chi connectivity index (χ1v) is 5.72. The molecule has 1 aromatic rings. The molecule has 0 aliphatic rings. The third-order valence-electron chi connectivity index (χ3n) is 3.00. The van der Waals surface area contributed by atoms with Gasteiger partial charge in [0, 0.05) is 18.8 Å². The lowest BCUT2D eigenvalue weighted by atomic mass is 10.1. The van der Waals surface area contributed by atoms with Crippen LogP contribution in [-0.4, -0.2) is 34.0 Å². The summed E-state index contributed by atoms with van der Waals surface area (Å²) in [5.74, 6) is 0.0538. The van der Waals surface area contributed by atoms with Gasteiger partial charge in [0.05, 0.1) is 0 Å². The first-order chi connectivity index (χ1) is 8.10. The molecular formula is C12H20N4O. The number of nitrogens with two attached hydrogens (primary N) is 1. The molecule has 0 aromatic carbocycles. The van der Waals surface area contributed by atoms with Crippen molar-refractivity contribution in [2.24, 2.45) is 10.9 Å². The predicted octanol–water partition coefficient (Wildman–Crippen LogP) is 1.41. The maximum Gasteiger partial charge on any atom is 0.189 e. The summed E-state index contributed by atoms with van der Waals surface area (Å²) >= 11 is 0. The van der Waals surface area contributed by atoms with Gasteiger partial charge in [0.25, 0.3) is 0 Å². The number of amidine groups is 1. The highest BCUT2D eigenvalue weighted by Crippen LogP contribution is 2.11. The van der Waals surface area contributed by atoms with E-state index in [9.17, 15) is 0 Å². The molecule has 0 radical (unpaired) electrons. The van der Waals surface area contributed by atoms with Gasteiger partial charge < -0.3 is 10.9 Å². The molecule has 1 heterocycles. The number of hydrogen-bond acceptors (Lipinski definition) is 4. The predicted molar refractivity (Wildman–Crippen MR) is 68.0 cm³/mol. The molecule has 1 aromatic heterocycles. The summed E-state index contributed by atoms with van der Waals surface area (Å²) in [6, 6.07) is 4.28. The maximum absolute atomic E-state index is 8.71. The van der Waals surface area contributed by atoms with Gasteiger partial charge in [0.2, 0.25) is 0 Å². The standard InChI is InChI=1S/C12H20N4O/c1-4-9(2)16(3)8-10-6-5-7-14-11(10)12(13)15-17/h5-7,9,17H,4,8H2,1-3H3,(H2,13,15). The fourth-order valence-corrected chi connectivity index (χ4v) is 1.58. The molecule has 5 heteroatoms. The number of pyridine rings is 1. The van der Waals surface area contributed by atoms with E-state index in [2.05, 4.69) is 35.9 Å². The fourth-order valence-electron chi connectivity index (χ4n) is 1.58. The number of hydrogen-bond donors (Lipinski definition) is 2. The smallest absolute Gasteiger partial charge is 0.189 e. The highest BCUT2D eigenvalue weighted by molar-refractivity contribution is 5.96. The highest BCUT2D eigenvalue weighted by atomic mass is 16.4. The van der Waals surface area contributed by atoms with Crippen LogP contribution in [0.15, 0.2) is 23.5 Å². The lowest BCUT2D eigenvalue weighted by Gasteiger charge is -2.24. The van der Waals surface area contributed by atoms with E-state index in [4.69, 9.17) is 10.9 Å². The van der Waals surface area contributed by atoms with Crippen LogP contribution in [0.1, 0.15) is 31.5 Å². The lowest BCUT2D eigenvalue weighted by Crippen LogP contribution is -2.29. The van der Waals surface area contributed by atoms with E-state index in [0.717, 1.165) is 18.5 Å². The zero-order valence-electron chi connectivity index (χ0n) is 10.6. The van der Waals surface area contributed by atoms with Crippen LogP contribution in [0.2, 0.25) is 0 Å². The molecule has 1 atom stereocenters. The van der Waals surface area contributed by atoms with Gasteiger partial charge in [-0.3, -0.25) is 9.88 Å². The van der Waals surface area contributed by atoms with Gasteiger partial charge in [-0.2, -0.15) is 0 Å². The minimum absolute atomic E-state index is 0.0538. The van der Waals surface area contributed by atoms with E-state index >= 15 is 0 Å². The van der Waals surface area contributed by atoms with Crippen LogP contribution in [0, 0.1) is 0 Å². The average Bonchev–Trinajstić information content (AvgIpc) is 2.37. The molecular weight excluding hydrogens is 216 g/mol. The molecule has 0 saturated carbocycles. The van der Waals surface area contributed by atoms with Crippen molar-refractivity contribution in [3.05, 3.63) is 29.6 Å². The molecule has 0 aliphatic carbocycles. The zero-order chi connectivity index (χ0) is 12.8. The van der Waals surface area contributed by atoms with E-state index < -0.39 is 0 Å². The second kappa shape index (κ2) is 6.20. The van der Waals surface area contributed by atoms with Gasteiger partial charge in [0.15, 0.2) is 5.84 Å². The largest absolute Gasteiger partial charge is 0.409 e. The van der Waals surface area contributed by atoms with Gasteiger partial charge in [-0.15, -0.1) is 0 Å². The van der Waals surface area contributed by atoms with Crippen LogP contribution in [0.4, 0.5) is 0 Å². The number of rotatable bonds is 5. The highest BCUT2D eigenvalue weighted by Gasteiger charge is 2.12. The molecule has 0 amide bonds. The topological polar surface area (TPSA) is 74.7 Å². The molecule has 17 heavy (non-hydrogen) atoms. The molecule has 0 saturated heterocycles. The molecule has 0 spiro atoms. The quantitative estimate of drug-likeness (QED) is 0.351. The Kier molecular flexibility index (Phi) is 4.90. The Hall–Kier alpha value is -1.62. The van der Waals surface area contributed by atoms with E-state index in [1.165, 1.54) is 0 Å². The minimum atomic E-state index is 0.0538. The molecule has 0 aliphatic heterocycles. The van der Waals surface area contributed by atoms with Crippen LogP contribution in [0.3, 0.4) is 0 Å². The molecule has 0 fully saturated rings. The van der Waals surface area contributed by atoms with E-state index in [1.807, 2.05) is 12.1 Å². The summed E-state index contributed by atoms with van der Waals surface area (Å²) in [7, 11) is 2.05. The SMILES string of the molecule is CCC(C)N(C)Cc1cccnc1/C(N)=N/O. The van der Waals surface area contributed by atoms with Gasteiger partial charge in [-0.25, -0.2) is 0 Å². The van der Waals surface area contributed by atoms with Crippen LogP contribution >= 0.6 is 0 Å². The Labute approximate surface area is 102 Å². The molecule has 94 valence electrons. The Bertz CT molecular complexity index is 392. The second-order valence-electron chi connectivity index (χ2n) is 4.17. The minimum Gasteiger partial charge on any atom is -0.409 e. The third kappa shape index (κ3) is 3.42. The number of oxime groups is 1. The van der Waals surface area contributed by atoms with Crippen LogP contribution in [-0.2, 0) is 6.54 Å². The van der Waals surface area contributed by atoms with E-state index in [-0.39, 0.29) is 5.84 Å². The average molecular weight is 236 g/mol. The lowest BCUT2D eigenvalue weighted by molar-refractivity contribution is 0.243. The maximum atomic E-state index is 8.71. The van der Waals surface area contributed by atoms with Crippen molar-refractivity contribution in [1.29, 1.82) is 0 Å². The Morgan fingerprint density at radius 2 is 2.35 bits per heavy atom. The summed E-state index contributed by atoms with van der Waals surface area (Å²) in [4.78, 5) is 6.36. The monoisotopic (exact) mass is 236 g/mol. The van der Waals surface area contributed by atoms with Gasteiger partial charge in [-0.1, -0.05) is 18.1 Å². The second-order valence-corrected chi connectivity index (χ2v) is 4.17. The van der Waals surface area contributed by atoms with Crippen molar-refractivity contribution in [3.8, 4) is 0 Å². The number of nitrogens with zero attached hydrogens (tertiary/aromatic N) is 3. The first kappa shape index (κ1) is 13.4. The summed E-state index contributed by atoms with van der Waals surface area (Å²) in [6.45, 7) is 5.04. The number of aromatic nitrogens is 1. The Morgan fingerprint density at radius 3 is 2.94 bits per heavy atom. The van der Waals surface area contributed by atoms with Crippen molar-refractivity contribution in [1.82, 2.24) is 9.88 Å². The third-order valence-corrected chi connectivity index (χ3v) is 3.00. The van der Waals surface area contributed by atoms with Gasteiger partial charge >= 0.3 is 0 Å². The molecule has 3 N–H and O–H groups in total. The fraction of sp³-hybridized carbons (Fsp3) is 0.500. The summed E-state index contributed by atoms with van der Waals surface area (Å²) in [6.07, 6.45) is 2.72. The van der Waals surface area contributed by atoms with Crippen LogP contribution < -0.4 is 5.73 Å². The van der Waals surface area contributed by atoms with E-state index in [1.54, 1.807) is 6.20 Å². The zero-order valence-corrected chi connectivity index (χ0v) is 10.6. The first-order valence-electron chi connectivity index (χ1n) is 5.72. The van der Waals surface area contributed by atoms with Crippen molar-refractivity contribution in [3.63, 3.8) is 0 Å². The Morgan fingerprint density at radius 1 is 1.65 bits per heavy atom. The summed E-state index contributed by atoms with van der Waals surface area (Å²) < 4.78 is 0. The van der Waals surface area contributed by atoms with Crippen molar-refractivity contribution in [2.75, 3.05) is 7.05 Å². The van der Waals surface area contributed by atoms with Crippen molar-refractivity contribution >= 4 is 5.84 Å². The van der Waals surface area contributed by atoms with Crippen molar-refractivity contribution in [2.45, 2.75) is 32.9 Å². The molecule has 1 unspecified atom stereocenters. The van der Waals surface area contributed by atoms with E-state index in [0.29, 0.717) is 11.7 Å². The van der Waals surface area contributed by atoms with Crippen LogP contribution in [0.25, 0.3) is 0 Å². The Balaban J connectivity index is 2.91. The van der Waals surface area contributed by atoms with Gasteiger partial charge in [0.1, 0.15) is 5.69 Å². The summed E-state index contributed by atoms with van der Waals surface area (Å²) in [5.41, 5.74) is 7.11. The normalized spacial score (nSPS) is 14.0. The van der Waals surface area contributed by atoms with Crippen LogP contribution in [0.5, 0.6) is 0 Å². The van der Waals surface area contributed by atoms with Crippen molar-refractivity contribution < 1.29 is 5.21 Å². The molecule has 5 nitrogen and oxygen atoms in total.